The van der Waals surface area contributed by atoms with Gasteiger partial charge in [-0.1, -0.05) is 6.07 Å². The minimum Gasteiger partial charge on any atom is -0.469 e. The number of carbonyl (C=O) groups excluding carboxylic acids is 1. The normalized spacial score (nSPS) is 10.2. The number of benzene rings is 1. The molecular formula is C11H10N2O2. The first kappa shape index (κ1) is 9.58. The molecule has 0 spiro atoms. The van der Waals surface area contributed by atoms with Crippen molar-refractivity contribution in [1.82, 2.24) is 9.97 Å². The first-order chi connectivity index (χ1) is 7.29. The molecule has 0 atom stereocenters. The molecule has 0 aliphatic heterocycles. The summed E-state index contributed by atoms with van der Waals surface area (Å²) in [5.41, 5.74) is 2.50. The van der Waals surface area contributed by atoms with Crippen molar-refractivity contribution in [2.75, 3.05) is 7.11 Å². The van der Waals surface area contributed by atoms with Gasteiger partial charge in [-0.2, -0.15) is 0 Å². The summed E-state index contributed by atoms with van der Waals surface area (Å²) in [6, 6.07) is 5.55. The minimum absolute atomic E-state index is 0.252. The number of hydrogen-bond donors (Lipinski definition) is 0. The summed E-state index contributed by atoms with van der Waals surface area (Å²) in [4.78, 5) is 19.4. The summed E-state index contributed by atoms with van der Waals surface area (Å²) in [6.07, 6.45) is 3.54. The van der Waals surface area contributed by atoms with Crippen LogP contribution in [0.15, 0.2) is 30.6 Å². The molecule has 4 heteroatoms. The maximum absolute atomic E-state index is 11.1. The number of fused-ring (bicyclic) bond motifs is 1. The number of methoxy groups -OCH3 is 1. The first-order valence-corrected chi connectivity index (χ1v) is 4.56. The van der Waals surface area contributed by atoms with E-state index in [1.807, 2.05) is 18.2 Å². The van der Waals surface area contributed by atoms with Crippen molar-refractivity contribution in [3.63, 3.8) is 0 Å². The highest BCUT2D eigenvalue weighted by Gasteiger charge is 2.03. The second-order valence-electron chi connectivity index (χ2n) is 3.13. The molecule has 2 rings (SSSR count). The molecule has 0 saturated heterocycles. The average Bonchev–Trinajstić information content (AvgIpc) is 2.29. The third-order valence-electron chi connectivity index (χ3n) is 2.11. The number of rotatable bonds is 2. The summed E-state index contributed by atoms with van der Waals surface area (Å²) in [5, 5.41) is 0. The van der Waals surface area contributed by atoms with Crippen molar-refractivity contribution < 1.29 is 9.53 Å². The summed E-state index contributed by atoms with van der Waals surface area (Å²) in [5.74, 6) is -0.252. The van der Waals surface area contributed by atoms with E-state index in [1.54, 1.807) is 12.4 Å². The lowest BCUT2D eigenvalue weighted by Crippen LogP contribution is -2.04. The van der Waals surface area contributed by atoms with Crippen LogP contribution in [0.4, 0.5) is 0 Å². The van der Waals surface area contributed by atoms with E-state index >= 15 is 0 Å². The Morgan fingerprint density at radius 3 is 2.73 bits per heavy atom. The number of ether oxygens (including phenoxy) is 1. The van der Waals surface area contributed by atoms with Crippen molar-refractivity contribution in [1.29, 1.82) is 0 Å². The van der Waals surface area contributed by atoms with E-state index in [-0.39, 0.29) is 12.4 Å². The molecule has 0 saturated carbocycles. The SMILES string of the molecule is COC(=O)Cc1ccc2nccnc2c1. The Bertz CT molecular complexity index is 497. The van der Waals surface area contributed by atoms with E-state index in [2.05, 4.69) is 14.7 Å². The van der Waals surface area contributed by atoms with Gasteiger partial charge in [-0.05, 0) is 17.7 Å². The molecule has 0 aliphatic carbocycles. The van der Waals surface area contributed by atoms with Crippen LogP contribution < -0.4 is 0 Å². The molecule has 2 aromatic rings. The highest BCUT2D eigenvalue weighted by molar-refractivity contribution is 5.78. The number of carbonyl (C=O) groups is 1. The van der Waals surface area contributed by atoms with E-state index in [0.29, 0.717) is 0 Å². The van der Waals surface area contributed by atoms with Crippen LogP contribution in [-0.4, -0.2) is 23.0 Å². The minimum atomic E-state index is -0.252. The lowest BCUT2D eigenvalue weighted by molar-refractivity contribution is -0.139. The molecule has 0 unspecified atom stereocenters. The van der Waals surface area contributed by atoms with Gasteiger partial charge in [0, 0.05) is 12.4 Å². The van der Waals surface area contributed by atoms with Gasteiger partial charge in [0.05, 0.1) is 24.6 Å². The molecule has 0 radical (unpaired) electrons. The van der Waals surface area contributed by atoms with Crippen molar-refractivity contribution in [2.24, 2.45) is 0 Å². The van der Waals surface area contributed by atoms with Gasteiger partial charge in [0.1, 0.15) is 0 Å². The molecule has 0 bridgehead atoms. The molecular weight excluding hydrogens is 192 g/mol. The third-order valence-corrected chi connectivity index (χ3v) is 2.11. The maximum Gasteiger partial charge on any atom is 0.309 e. The molecule has 1 aromatic carbocycles. The van der Waals surface area contributed by atoms with E-state index in [4.69, 9.17) is 0 Å². The standard InChI is InChI=1S/C11H10N2O2/c1-15-11(14)7-8-2-3-9-10(6-8)13-5-4-12-9/h2-6H,7H2,1H3. The molecule has 0 N–H and O–H groups in total. The Balaban J connectivity index is 2.34. The van der Waals surface area contributed by atoms with Crippen molar-refractivity contribution >= 4 is 17.0 Å². The number of hydrogen-bond acceptors (Lipinski definition) is 4. The quantitative estimate of drug-likeness (QED) is 0.690. The Morgan fingerprint density at radius 2 is 2.00 bits per heavy atom. The van der Waals surface area contributed by atoms with Gasteiger partial charge in [0.15, 0.2) is 0 Å². The summed E-state index contributed by atoms with van der Waals surface area (Å²) in [7, 11) is 1.38. The zero-order chi connectivity index (χ0) is 10.7. The van der Waals surface area contributed by atoms with Crippen LogP contribution in [0.25, 0.3) is 11.0 Å². The van der Waals surface area contributed by atoms with Crippen LogP contribution in [0.5, 0.6) is 0 Å². The largest absolute Gasteiger partial charge is 0.469 e. The molecule has 0 amide bonds. The third kappa shape index (κ3) is 2.10. The van der Waals surface area contributed by atoms with E-state index in [9.17, 15) is 4.79 Å². The summed E-state index contributed by atoms with van der Waals surface area (Å²) in [6.45, 7) is 0. The van der Waals surface area contributed by atoms with Gasteiger partial charge >= 0.3 is 5.97 Å². The lowest BCUT2D eigenvalue weighted by atomic mass is 10.1. The number of nitrogens with zero attached hydrogens (tertiary/aromatic N) is 2. The fraction of sp³-hybridized carbons (Fsp3) is 0.182. The molecule has 4 nitrogen and oxygen atoms in total. The molecule has 1 aromatic heterocycles. The van der Waals surface area contributed by atoms with Crippen LogP contribution >= 0.6 is 0 Å². The van der Waals surface area contributed by atoms with E-state index in [0.717, 1.165) is 16.6 Å². The predicted octanol–water partition coefficient (Wildman–Crippen LogP) is 1.35. The maximum atomic E-state index is 11.1. The summed E-state index contributed by atoms with van der Waals surface area (Å²) >= 11 is 0. The van der Waals surface area contributed by atoms with Crippen LogP contribution in [-0.2, 0) is 16.0 Å². The van der Waals surface area contributed by atoms with Gasteiger partial charge in [-0.3, -0.25) is 14.8 Å². The highest BCUT2D eigenvalue weighted by Crippen LogP contribution is 2.11. The van der Waals surface area contributed by atoms with Gasteiger partial charge < -0.3 is 4.74 Å². The Hall–Kier alpha value is -1.97. The number of aromatic nitrogens is 2. The van der Waals surface area contributed by atoms with E-state index in [1.165, 1.54) is 7.11 Å². The Labute approximate surface area is 86.9 Å². The number of esters is 1. The van der Waals surface area contributed by atoms with Crippen LogP contribution in [0, 0.1) is 0 Å². The van der Waals surface area contributed by atoms with Crippen LogP contribution in [0.1, 0.15) is 5.56 Å². The van der Waals surface area contributed by atoms with Crippen LogP contribution in [0.3, 0.4) is 0 Å². The second kappa shape index (κ2) is 4.04. The monoisotopic (exact) mass is 202 g/mol. The van der Waals surface area contributed by atoms with Gasteiger partial charge in [0.25, 0.3) is 0 Å². The van der Waals surface area contributed by atoms with Crippen molar-refractivity contribution in [2.45, 2.75) is 6.42 Å². The fourth-order valence-electron chi connectivity index (χ4n) is 1.36. The fourth-order valence-corrected chi connectivity index (χ4v) is 1.36. The van der Waals surface area contributed by atoms with E-state index < -0.39 is 0 Å². The molecule has 1 heterocycles. The average molecular weight is 202 g/mol. The Kier molecular flexibility index (Phi) is 2.58. The smallest absolute Gasteiger partial charge is 0.309 e. The molecule has 0 aliphatic rings. The second-order valence-corrected chi connectivity index (χ2v) is 3.13. The van der Waals surface area contributed by atoms with Gasteiger partial charge in [0.2, 0.25) is 0 Å². The zero-order valence-electron chi connectivity index (χ0n) is 8.30. The molecule has 0 fully saturated rings. The molecule has 15 heavy (non-hydrogen) atoms. The summed E-state index contributed by atoms with van der Waals surface area (Å²) < 4.78 is 4.59. The lowest BCUT2D eigenvalue weighted by Gasteiger charge is -2.01. The first-order valence-electron chi connectivity index (χ1n) is 4.56. The Morgan fingerprint density at radius 1 is 1.27 bits per heavy atom. The van der Waals surface area contributed by atoms with Crippen molar-refractivity contribution in [3.05, 3.63) is 36.2 Å². The van der Waals surface area contributed by atoms with Gasteiger partial charge in [-0.25, -0.2) is 0 Å². The van der Waals surface area contributed by atoms with Gasteiger partial charge in [-0.15, -0.1) is 0 Å². The van der Waals surface area contributed by atoms with Crippen LogP contribution in [0.2, 0.25) is 0 Å². The topological polar surface area (TPSA) is 52.1 Å². The van der Waals surface area contributed by atoms with Crippen molar-refractivity contribution in [3.8, 4) is 0 Å². The zero-order valence-corrected chi connectivity index (χ0v) is 8.30. The molecule has 76 valence electrons. The predicted molar refractivity (Wildman–Crippen MR) is 55.3 cm³/mol. The highest BCUT2D eigenvalue weighted by atomic mass is 16.5.